The highest BCUT2D eigenvalue weighted by atomic mass is 32.1. The third-order valence-corrected chi connectivity index (χ3v) is 5.16. The Morgan fingerprint density at radius 1 is 1.24 bits per heavy atom. The lowest BCUT2D eigenvalue weighted by molar-refractivity contribution is 0.150. The summed E-state index contributed by atoms with van der Waals surface area (Å²) in [5.41, 5.74) is 2.27. The van der Waals surface area contributed by atoms with Crippen LogP contribution >= 0.6 is 11.3 Å². The van der Waals surface area contributed by atoms with E-state index in [0.29, 0.717) is 13.2 Å². The topological polar surface area (TPSA) is 71.0 Å². The quantitative estimate of drug-likeness (QED) is 0.406. The van der Waals surface area contributed by atoms with Gasteiger partial charge in [-0.2, -0.15) is 0 Å². The Labute approximate surface area is 178 Å². The summed E-state index contributed by atoms with van der Waals surface area (Å²) in [6, 6.07) is 8.15. The van der Waals surface area contributed by atoms with Crippen molar-refractivity contribution in [3.8, 4) is 5.75 Å². The lowest BCUT2D eigenvalue weighted by atomic mass is 10.2. The van der Waals surface area contributed by atoms with Gasteiger partial charge in [-0.25, -0.2) is 4.98 Å². The minimum Gasteiger partial charge on any atom is -0.492 e. The molecule has 0 fully saturated rings. The summed E-state index contributed by atoms with van der Waals surface area (Å²) in [6.45, 7) is 6.65. The van der Waals surface area contributed by atoms with E-state index in [1.807, 2.05) is 19.1 Å². The van der Waals surface area contributed by atoms with Gasteiger partial charge in [-0.1, -0.05) is 12.1 Å². The highest BCUT2D eigenvalue weighted by Crippen LogP contribution is 2.13. The highest BCUT2D eigenvalue weighted by molar-refractivity contribution is 7.09. The van der Waals surface area contributed by atoms with Gasteiger partial charge in [-0.05, 0) is 31.7 Å². The zero-order valence-electron chi connectivity index (χ0n) is 17.9. The minimum atomic E-state index is 0.649. The average molecular weight is 420 g/mol. The fraction of sp³-hybridized carbons (Fsp3) is 0.524. The number of likely N-dealkylation sites (N-methyl/N-ethyl adjacent to an activating group) is 1. The maximum Gasteiger partial charge on any atom is 0.191 e. The SMILES string of the molecule is CN=C(NCCc1csc(C)n1)NCc1cccc(OCCN(C)CCOC)c1. The Bertz CT molecular complexity index is 750. The number of benzene rings is 1. The van der Waals surface area contributed by atoms with Gasteiger partial charge < -0.3 is 25.0 Å². The molecule has 0 radical (unpaired) electrons. The van der Waals surface area contributed by atoms with E-state index >= 15 is 0 Å². The smallest absolute Gasteiger partial charge is 0.191 e. The molecule has 7 nitrogen and oxygen atoms in total. The average Bonchev–Trinajstić information content (AvgIpc) is 3.14. The first-order chi connectivity index (χ1) is 14.1. The van der Waals surface area contributed by atoms with Crippen LogP contribution in [-0.2, 0) is 17.7 Å². The van der Waals surface area contributed by atoms with Gasteiger partial charge in [0.2, 0.25) is 0 Å². The van der Waals surface area contributed by atoms with E-state index in [1.165, 1.54) is 0 Å². The number of nitrogens with one attached hydrogen (secondary N) is 2. The molecule has 0 aliphatic rings. The van der Waals surface area contributed by atoms with Crippen molar-refractivity contribution in [3.05, 3.63) is 45.9 Å². The van der Waals surface area contributed by atoms with Crippen molar-refractivity contribution < 1.29 is 9.47 Å². The van der Waals surface area contributed by atoms with Gasteiger partial charge in [0.05, 0.1) is 17.3 Å². The van der Waals surface area contributed by atoms with Crippen LogP contribution in [0.2, 0.25) is 0 Å². The van der Waals surface area contributed by atoms with Crippen LogP contribution in [0.3, 0.4) is 0 Å². The summed E-state index contributed by atoms with van der Waals surface area (Å²) < 4.78 is 11.0. The maximum absolute atomic E-state index is 5.88. The molecule has 8 heteroatoms. The van der Waals surface area contributed by atoms with Gasteiger partial charge in [-0.15, -0.1) is 11.3 Å². The van der Waals surface area contributed by atoms with Crippen LogP contribution in [0.15, 0.2) is 34.6 Å². The second-order valence-electron chi connectivity index (χ2n) is 6.75. The van der Waals surface area contributed by atoms with E-state index in [0.717, 1.165) is 60.6 Å². The Morgan fingerprint density at radius 3 is 2.79 bits per heavy atom. The molecule has 2 rings (SSSR count). The molecular weight excluding hydrogens is 386 g/mol. The van der Waals surface area contributed by atoms with Gasteiger partial charge in [0, 0.05) is 52.1 Å². The molecule has 2 aromatic rings. The third kappa shape index (κ3) is 9.25. The number of hydrogen-bond donors (Lipinski definition) is 2. The first kappa shape index (κ1) is 23.1. The van der Waals surface area contributed by atoms with E-state index in [4.69, 9.17) is 9.47 Å². The summed E-state index contributed by atoms with van der Waals surface area (Å²) in [4.78, 5) is 11.0. The number of ether oxygens (including phenoxy) is 2. The second-order valence-corrected chi connectivity index (χ2v) is 7.81. The van der Waals surface area contributed by atoms with Crippen molar-refractivity contribution >= 4 is 17.3 Å². The summed E-state index contributed by atoms with van der Waals surface area (Å²) >= 11 is 1.68. The highest BCUT2D eigenvalue weighted by Gasteiger charge is 2.03. The first-order valence-electron chi connectivity index (χ1n) is 9.85. The lowest BCUT2D eigenvalue weighted by Crippen LogP contribution is -2.37. The van der Waals surface area contributed by atoms with Crippen LogP contribution in [0.4, 0.5) is 0 Å². The Hall–Kier alpha value is -2.16. The largest absolute Gasteiger partial charge is 0.492 e. The number of rotatable bonds is 12. The Morgan fingerprint density at radius 2 is 2.07 bits per heavy atom. The zero-order chi connectivity index (χ0) is 20.9. The van der Waals surface area contributed by atoms with Crippen molar-refractivity contribution in [2.24, 2.45) is 4.99 Å². The molecule has 0 amide bonds. The molecule has 0 unspecified atom stereocenters. The maximum atomic E-state index is 5.88. The molecule has 0 spiro atoms. The number of methoxy groups -OCH3 is 1. The van der Waals surface area contributed by atoms with E-state index in [2.05, 4.69) is 50.1 Å². The van der Waals surface area contributed by atoms with Gasteiger partial charge in [-0.3, -0.25) is 4.99 Å². The van der Waals surface area contributed by atoms with E-state index in [1.54, 1.807) is 25.5 Å². The fourth-order valence-electron chi connectivity index (χ4n) is 2.66. The number of aliphatic imine (C=N–C) groups is 1. The molecule has 29 heavy (non-hydrogen) atoms. The lowest BCUT2D eigenvalue weighted by Gasteiger charge is -2.16. The Kier molecular flexibility index (Phi) is 10.5. The number of guanidine groups is 1. The van der Waals surface area contributed by atoms with Gasteiger partial charge in [0.15, 0.2) is 5.96 Å². The number of hydrogen-bond acceptors (Lipinski definition) is 6. The second kappa shape index (κ2) is 13.1. The summed E-state index contributed by atoms with van der Waals surface area (Å²) in [6.07, 6.45) is 0.882. The molecule has 0 saturated carbocycles. The fourth-order valence-corrected chi connectivity index (χ4v) is 3.31. The Balaban J connectivity index is 1.71. The van der Waals surface area contributed by atoms with E-state index < -0.39 is 0 Å². The van der Waals surface area contributed by atoms with E-state index in [-0.39, 0.29) is 0 Å². The molecule has 1 aromatic heterocycles. The molecule has 0 aliphatic carbocycles. The number of thiazole rings is 1. The molecule has 0 aliphatic heterocycles. The molecule has 0 saturated heterocycles. The molecular formula is C21H33N5O2S. The molecule has 2 N–H and O–H groups in total. The molecule has 0 bridgehead atoms. The predicted octanol–water partition coefficient (Wildman–Crippen LogP) is 2.32. The zero-order valence-corrected chi connectivity index (χ0v) is 18.7. The van der Waals surface area contributed by atoms with Crippen LogP contribution < -0.4 is 15.4 Å². The summed E-state index contributed by atoms with van der Waals surface area (Å²) in [7, 11) is 5.56. The number of aromatic nitrogens is 1. The third-order valence-electron chi connectivity index (χ3n) is 4.34. The monoisotopic (exact) mass is 419 g/mol. The van der Waals surface area contributed by atoms with Crippen LogP contribution in [0.25, 0.3) is 0 Å². The van der Waals surface area contributed by atoms with Gasteiger partial charge in [0.1, 0.15) is 12.4 Å². The van der Waals surface area contributed by atoms with E-state index in [9.17, 15) is 0 Å². The molecule has 1 aromatic carbocycles. The predicted molar refractivity (Wildman–Crippen MR) is 120 cm³/mol. The van der Waals surface area contributed by atoms with Crippen molar-refractivity contribution in [2.45, 2.75) is 19.9 Å². The molecule has 1 heterocycles. The van der Waals surface area contributed by atoms with Gasteiger partial charge in [0.25, 0.3) is 0 Å². The van der Waals surface area contributed by atoms with Crippen molar-refractivity contribution in [3.63, 3.8) is 0 Å². The van der Waals surface area contributed by atoms with Crippen molar-refractivity contribution in [1.29, 1.82) is 0 Å². The normalized spacial score (nSPS) is 11.7. The van der Waals surface area contributed by atoms with Crippen molar-refractivity contribution in [1.82, 2.24) is 20.5 Å². The minimum absolute atomic E-state index is 0.649. The molecule has 160 valence electrons. The van der Waals surface area contributed by atoms with Crippen LogP contribution in [0.1, 0.15) is 16.3 Å². The number of aryl methyl sites for hydroxylation is 1. The van der Waals surface area contributed by atoms with Crippen LogP contribution in [0, 0.1) is 6.92 Å². The van der Waals surface area contributed by atoms with Crippen LogP contribution in [0.5, 0.6) is 5.75 Å². The summed E-state index contributed by atoms with van der Waals surface area (Å²) in [5.74, 6) is 1.66. The van der Waals surface area contributed by atoms with Gasteiger partial charge >= 0.3 is 0 Å². The standard InChI is InChI=1S/C21H33N5O2S/c1-17-25-19(16-29-17)8-9-23-21(22-2)24-15-18-6-5-7-20(14-18)28-13-11-26(3)10-12-27-4/h5-7,14,16H,8-13,15H2,1-4H3,(H2,22,23,24). The molecule has 0 atom stereocenters. The first-order valence-corrected chi connectivity index (χ1v) is 10.7. The van der Waals surface area contributed by atoms with Crippen molar-refractivity contribution in [2.75, 3.05) is 54.1 Å². The number of nitrogens with zero attached hydrogens (tertiary/aromatic N) is 3. The summed E-state index contributed by atoms with van der Waals surface area (Å²) in [5, 5.41) is 9.89. The van der Waals surface area contributed by atoms with Crippen LogP contribution in [-0.4, -0.2) is 69.9 Å².